The molecule has 2 aromatic heterocycles. The summed E-state index contributed by atoms with van der Waals surface area (Å²) in [4.78, 5) is 28.3. The number of non-ortho nitro benzene ring substituents is 1. The Bertz CT molecular complexity index is 1420. The molecule has 0 bridgehead atoms. The lowest BCUT2D eigenvalue weighted by Gasteiger charge is -2.07. The number of benzene rings is 2. The van der Waals surface area contributed by atoms with Crippen LogP contribution in [0.3, 0.4) is 0 Å². The van der Waals surface area contributed by atoms with Crippen molar-refractivity contribution in [2.24, 2.45) is 0 Å². The second-order valence-corrected chi connectivity index (χ2v) is 8.69. The first-order valence-electron chi connectivity index (χ1n) is 9.97. The fourth-order valence-corrected chi connectivity index (χ4v) is 4.16. The third-order valence-electron chi connectivity index (χ3n) is 4.84. The summed E-state index contributed by atoms with van der Waals surface area (Å²) < 4.78 is 1.72. The van der Waals surface area contributed by atoms with Gasteiger partial charge < -0.3 is 4.57 Å². The predicted octanol–water partition coefficient (Wildman–Crippen LogP) is 5.63. The van der Waals surface area contributed by atoms with Gasteiger partial charge in [0.05, 0.1) is 4.92 Å². The molecule has 4 aromatic rings. The molecular formula is C24H16ClN5O3S. The number of rotatable bonds is 7. The number of carbonyl (C=O) groups excluding carboxylic acids is 1. The minimum atomic E-state index is -0.577. The van der Waals surface area contributed by atoms with Gasteiger partial charge in [0.15, 0.2) is 5.13 Å². The molecule has 0 aliphatic heterocycles. The molecule has 0 unspecified atom stereocenters. The number of nitrogens with one attached hydrogen (secondary N) is 1. The topological polar surface area (TPSA) is 114 Å². The number of hydrogen-bond acceptors (Lipinski definition) is 6. The number of anilines is 1. The second-order valence-electron chi connectivity index (χ2n) is 7.14. The molecule has 0 saturated carbocycles. The number of hydrogen-bond donors (Lipinski definition) is 1. The molecule has 2 heterocycles. The Labute approximate surface area is 203 Å². The van der Waals surface area contributed by atoms with Crippen molar-refractivity contribution in [1.29, 1.82) is 5.26 Å². The highest BCUT2D eigenvalue weighted by Gasteiger charge is 2.14. The summed E-state index contributed by atoms with van der Waals surface area (Å²) in [6.45, 7) is 0. The van der Waals surface area contributed by atoms with Gasteiger partial charge in [-0.3, -0.25) is 20.2 Å². The zero-order chi connectivity index (χ0) is 24.1. The van der Waals surface area contributed by atoms with Crippen LogP contribution in [0.2, 0.25) is 5.02 Å². The summed E-state index contributed by atoms with van der Waals surface area (Å²) in [5.41, 5.74) is 2.17. The highest BCUT2D eigenvalue weighted by Crippen LogP contribution is 2.23. The van der Waals surface area contributed by atoms with E-state index in [-0.39, 0.29) is 11.3 Å². The van der Waals surface area contributed by atoms with Crippen LogP contribution in [-0.2, 0) is 11.2 Å². The Morgan fingerprint density at radius 1 is 1.21 bits per heavy atom. The average Bonchev–Trinajstić information content (AvgIpc) is 3.48. The Morgan fingerprint density at radius 3 is 2.62 bits per heavy atom. The van der Waals surface area contributed by atoms with Crippen molar-refractivity contribution in [1.82, 2.24) is 9.55 Å². The van der Waals surface area contributed by atoms with Crippen molar-refractivity contribution >= 4 is 45.7 Å². The Hall–Kier alpha value is -4.26. The van der Waals surface area contributed by atoms with E-state index < -0.39 is 10.8 Å². The van der Waals surface area contributed by atoms with Crippen LogP contribution in [0.1, 0.15) is 16.1 Å². The molecule has 0 fully saturated rings. The molecule has 4 rings (SSSR count). The number of carbonyl (C=O) groups is 1. The van der Waals surface area contributed by atoms with Gasteiger partial charge in [-0.2, -0.15) is 5.26 Å². The second kappa shape index (κ2) is 10.1. The fraction of sp³-hybridized carbons (Fsp3) is 0.0417. The van der Waals surface area contributed by atoms with E-state index in [1.54, 1.807) is 41.2 Å². The highest BCUT2D eigenvalue weighted by molar-refractivity contribution is 7.15. The fourth-order valence-electron chi connectivity index (χ4n) is 3.19. The van der Waals surface area contributed by atoms with Gasteiger partial charge in [-0.05, 0) is 48.0 Å². The summed E-state index contributed by atoms with van der Waals surface area (Å²) in [5.74, 6) is -0.577. The standard InChI is InChI=1S/C24H16ClN5O3S/c25-18-5-3-16(4-6-18)12-22-15-27-24(34-22)28-23(31)17(14-26)13-21-2-1-11-29(21)19-7-9-20(10-8-19)30(32)33/h1-11,13,15H,12H2,(H,27,28,31)/b17-13+. The van der Waals surface area contributed by atoms with Crippen molar-refractivity contribution < 1.29 is 9.72 Å². The van der Waals surface area contributed by atoms with Crippen LogP contribution in [-0.4, -0.2) is 20.4 Å². The highest BCUT2D eigenvalue weighted by atomic mass is 35.5. The summed E-state index contributed by atoms with van der Waals surface area (Å²) in [7, 11) is 0. The summed E-state index contributed by atoms with van der Waals surface area (Å²) in [5, 5.41) is 24.2. The van der Waals surface area contributed by atoms with E-state index in [2.05, 4.69) is 10.3 Å². The first-order chi connectivity index (χ1) is 16.4. The van der Waals surface area contributed by atoms with E-state index in [0.29, 0.717) is 28.0 Å². The SMILES string of the molecule is N#C/C(=C\c1cccn1-c1ccc([N+](=O)[O-])cc1)C(=O)Nc1ncc(Cc2ccc(Cl)cc2)s1. The molecule has 0 spiro atoms. The van der Waals surface area contributed by atoms with E-state index >= 15 is 0 Å². The van der Waals surface area contributed by atoms with Crippen molar-refractivity contribution in [3.8, 4) is 11.8 Å². The number of nitrogens with zero attached hydrogens (tertiary/aromatic N) is 4. The maximum atomic E-state index is 12.7. The molecule has 0 aliphatic rings. The molecule has 8 nitrogen and oxygen atoms in total. The smallest absolute Gasteiger partial charge is 0.269 e. The normalized spacial score (nSPS) is 11.1. The molecule has 0 saturated heterocycles. The molecule has 1 N–H and O–H groups in total. The van der Waals surface area contributed by atoms with Gasteiger partial charge in [-0.25, -0.2) is 4.98 Å². The Balaban J connectivity index is 1.49. The van der Waals surface area contributed by atoms with Crippen LogP contribution in [0.15, 0.2) is 78.6 Å². The Kier molecular flexibility index (Phi) is 6.82. The molecule has 0 radical (unpaired) electrons. The first-order valence-corrected chi connectivity index (χ1v) is 11.2. The number of nitriles is 1. The molecule has 0 aliphatic carbocycles. The van der Waals surface area contributed by atoms with Gasteiger partial charge in [0.1, 0.15) is 11.6 Å². The number of halogens is 1. The number of nitro groups is 1. The van der Waals surface area contributed by atoms with Gasteiger partial charge >= 0.3 is 0 Å². The van der Waals surface area contributed by atoms with Gasteiger partial charge in [-0.1, -0.05) is 23.7 Å². The molecule has 34 heavy (non-hydrogen) atoms. The molecule has 2 aromatic carbocycles. The van der Waals surface area contributed by atoms with Crippen molar-refractivity contribution in [3.05, 3.63) is 110 Å². The first kappa shape index (κ1) is 22.9. The van der Waals surface area contributed by atoms with Crippen LogP contribution < -0.4 is 5.32 Å². The largest absolute Gasteiger partial charge is 0.317 e. The van der Waals surface area contributed by atoms with Crippen LogP contribution in [0.5, 0.6) is 0 Å². The molecule has 168 valence electrons. The summed E-state index contributed by atoms with van der Waals surface area (Å²) in [6.07, 6.45) is 5.53. The van der Waals surface area contributed by atoms with Crippen LogP contribution in [0.4, 0.5) is 10.8 Å². The number of nitro benzene ring substituents is 1. The monoisotopic (exact) mass is 489 g/mol. The maximum absolute atomic E-state index is 12.7. The number of thiazole rings is 1. The van der Waals surface area contributed by atoms with E-state index in [1.807, 2.05) is 30.3 Å². The molecular weight excluding hydrogens is 474 g/mol. The van der Waals surface area contributed by atoms with Crippen LogP contribution in [0.25, 0.3) is 11.8 Å². The third-order valence-corrected chi connectivity index (χ3v) is 6.01. The zero-order valence-electron chi connectivity index (χ0n) is 17.5. The third kappa shape index (κ3) is 5.38. The van der Waals surface area contributed by atoms with Gasteiger partial charge in [0.2, 0.25) is 0 Å². The van der Waals surface area contributed by atoms with Crippen LogP contribution in [0, 0.1) is 21.4 Å². The number of amides is 1. The van der Waals surface area contributed by atoms with Crippen molar-refractivity contribution in [3.63, 3.8) is 0 Å². The Morgan fingerprint density at radius 2 is 1.94 bits per heavy atom. The van der Waals surface area contributed by atoms with Gasteiger partial charge in [-0.15, -0.1) is 11.3 Å². The molecule has 10 heteroatoms. The maximum Gasteiger partial charge on any atom is 0.269 e. The van der Waals surface area contributed by atoms with E-state index in [1.165, 1.54) is 29.5 Å². The van der Waals surface area contributed by atoms with Crippen molar-refractivity contribution in [2.75, 3.05) is 5.32 Å². The van der Waals surface area contributed by atoms with E-state index in [9.17, 15) is 20.2 Å². The average molecular weight is 490 g/mol. The minimum absolute atomic E-state index is 0.0241. The van der Waals surface area contributed by atoms with Crippen molar-refractivity contribution in [2.45, 2.75) is 6.42 Å². The van der Waals surface area contributed by atoms with E-state index in [4.69, 9.17) is 11.6 Å². The van der Waals surface area contributed by atoms with Gasteiger partial charge in [0, 0.05) is 52.2 Å². The summed E-state index contributed by atoms with van der Waals surface area (Å²) in [6, 6.07) is 18.9. The quantitative estimate of drug-likeness (QED) is 0.156. The zero-order valence-corrected chi connectivity index (χ0v) is 19.1. The minimum Gasteiger partial charge on any atom is -0.317 e. The lowest BCUT2D eigenvalue weighted by molar-refractivity contribution is -0.384. The lowest BCUT2D eigenvalue weighted by atomic mass is 10.1. The summed E-state index contributed by atoms with van der Waals surface area (Å²) >= 11 is 7.24. The van der Waals surface area contributed by atoms with Gasteiger partial charge in [0.25, 0.3) is 11.6 Å². The predicted molar refractivity (Wildman–Crippen MR) is 131 cm³/mol. The number of aromatic nitrogens is 2. The van der Waals surface area contributed by atoms with E-state index in [0.717, 1.165) is 10.4 Å². The van der Waals surface area contributed by atoms with Crippen LogP contribution >= 0.6 is 22.9 Å². The molecule has 1 amide bonds. The lowest BCUT2D eigenvalue weighted by Crippen LogP contribution is -2.13. The molecule has 0 atom stereocenters.